The van der Waals surface area contributed by atoms with Crippen molar-refractivity contribution >= 4 is 23.8 Å². The Hall–Kier alpha value is -6.52. The Morgan fingerprint density at radius 1 is 0.671 bits per heavy atom. The van der Waals surface area contributed by atoms with E-state index in [2.05, 4.69) is 68.5 Å². The Balaban J connectivity index is 1.06. The number of nitrogens with one attached hydrogen (secondary N) is 2. The highest BCUT2D eigenvalue weighted by molar-refractivity contribution is 5.92. The van der Waals surface area contributed by atoms with Crippen molar-refractivity contribution in [2.45, 2.75) is 106 Å². The molecule has 0 saturated carbocycles. The lowest BCUT2D eigenvalue weighted by molar-refractivity contribution is -0.141. The van der Waals surface area contributed by atoms with Crippen LogP contribution >= 0.6 is 0 Å². The van der Waals surface area contributed by atoms with Gasteiger partial charge in [-0.25, -0.2) is 9.59 Å². The van der Waals surface area contributed by atoms with Crippen LogP contribution in [0.15, 0.2) is 94.6 Å². The van der Waals surface area contributed by atoms with E-state index in [4.69, 9.17) is 19.1 Å². The third-order valence-corrected chi connectivity index (χ3v) is 12.5. The highest BCUT2D eigenvalue weighted by Crippen LogP contribution is 2.22. The number of carbonyl (C=O) groups is 2. The van der Waals surface area contributed by atoms with Gasteiger partial charge >= 0.3 is 11.9 Å². The number of hydrogen-bond acceptors (Lipinski definition) is 14. The first kappa shape index (κ1) is 52.8. The molecular formula is C54H72N8O8. The van der Waals surface area contributed by atoms with E-state index in [1.54, 1.807) is 13.8 Å². The molecule has 2 saturated heterocycles. The number of hydrogen-bond donors (Lipinski definition) is 2. The summed E-state index contributed by atoms with van der Waals surface area (Å²) in [5.74, 6) is 1.16. The number of ether oxygens (including phenoxy) is 2. The van der Waals surface area contributed by atoms with Gasteiger partial charge in [-0.3, -0.25) is 19.4 Å². The van der Waals surface area contributed by atoms with Gasteiger partial charge < -0.3 is 29.8 Å². The maximum atomic E-state index is 13.4. The van der Waals surface area contributed by atoms with Crippen LogP contribution in [0.3, 0.4) is 0 Å². The number of piperidine rings is 2. The summed E-state index contributed by atoms with van der Waals surface area (Å²) in [6.07, 6.45) is 15.7. The zero-order valence-electron chi connectivity index (χ0n) is 41.9. The van der Waals surface area contributed by atoms with Gasteiger partial charge in [-0.2, -0.15) is 9.97 Å². The van der Waals surface area contributed by atoms with Gasteiger partial charge in [0, 0.05) is 62.5 Å². The van der Waals surface area contributed by atoms with Gasteiger partial charge in [0.15, 0.2) is 0 Å². The summed E-state index contributed by atoms with van der Waals surface area (Å²) < 4.78 is 14.5. The lowest BCUT2D eigenvalue weighted by Crippen LogP contribution is -2.33. The minimum atomic E-state index is -0.929. The van der Waals surface area contributed by atoms with Gasteiger partial charge in [-0.1, -0.05) is 62.4 Å². The summed E-state index contributed by atoms with van der Waals surface area (Å²) in [7, 11) is 0. The predicted octanol–water partition coefficient (Wildman–Crippen LogP) is 7.05. The molecule has 0 aliphatic carbocycles. The second-order valence-electron chi connectivity index (χ2n) is 18.4. The third kappa shape index (κ3) is 16.0. The van der Waals surface area contributed by atoms with Crippen molar-refractivity contribution in [2.24, 2.45) is 11.8 Å². The van der Waals surface area contributed by atoms with Crippen molar-refractivity contribution in [3.8, 4) is 11.5 Å². The van der Waals surface area contributed by atoms with Gasteiger partial charge in [-0.05, 0) is 139 Å². The fourth-order valence-corrected chi connectivity index (χ4v) is 8.82. The molecule has 0 bridgehead atoms. The molecule has 0 radical (unpaired) electrons. The predicted molar refractivity (Wildman–Crippen MR) is 273 cm³/mol. The number of likely N-dealkylation sites (tertiary alicyclic amines) is 2. The molecule has 4 heterocycles. The fourth-order valence-electron chi connectivity index (χ4n) is 8.82. The van der Waals surface area contributed by atoms with Crippen LogP contribution in [0.25, 0.3) is 0 Å². The van der Waals surface area contributed by atoms with Gasteiger partial charge in [0.1, 0.15) is 11.5 Å². The molecule has 2 aliphatic heterocycles. The second-order valence-corrected chi connectivity index (χ2v) is 18.4. The molecule has 376 valence electrons. The van der Waals surface area contributed by atoms with Crippen molar-refractivity contribution in [1.29, 1.82) is 0 Å². The number of rotatable bonds is 24. The first-order valence-corrected chi connectivity index (χ1v) is 24.9. The van der Waals surface area contributed by atoms with Crippen molar-refractivity contribution in [1.82, 2.24) is 29.2 Å². The van der Waals surface area contributed by atoms with Crippen molar-refractivity contribution in [3.05, 3.63) is 139 Å². The van der Waals surface area contributed by atoms with Crippen LogP contribution in [0.1, 0.15) is 99.9 Å². The smallest absolute Gasteiger partial charge is 0.356 e. The largest absolute Gasteiger partial charge is 0.494 e. The number of nitrogens with zero attached hydrogens (tertiary/aromatic N) is 6. The minimum absolute atomic E-state index is 0.0228. The van der Waals surface area contributed by atoms with Crippen molar-refractivity contribution in [3.63, 3.8) is 0 Å². The summed E-state index contributed by atoms with van der Waals surface area (Å²) in [5, 5.41) is 6.24. The summed E-state index contributed by atoms with van der Waals surface area (Å²) in [6.45, 7) is 19.3. The average Bonchev–Trinajstić information content (AvgIpc) is 3.33. The molecule has 2 N–H and O–H groups in total. The van der Waals surface area contributed by atoms with Gasteiger partial charge in [-0.15, -0.1) is 9.46 Å². The average molecular weight is 961 g/mol. The van der Waals surface area contributed by atoms with E-state index in [0.717, 1.165) is 72.4 Å². The van der Waals surface area contributed by atoms with Gasteiger partial charge in [0.2, 0.25) is 11.9 Å². The molecular weight excluding hydrogens is 889 g/mol. The van der Waals surface area contributed by atoms with Crippen LogP contribution in [0.4, 0.5) is 11.9 Å². The molecule has 2 unspecified atom stereocenters. The fraction of sp³-hybridized carbons (Fsp3) is 0.481. The molecule has 0 amide bonds. The lowest BCUT2D eigenvalue weighted by Gasteiger charge is -2.30. The standard InChI is InChI=1S/C54H72N8O8/c1-7-9-23-47-41(5)61(53(57-51(47)65)55-27-15-31-67-45-21-11-19-43(33-45)37-59-29-13-17-39(3)35-59)69-49(63)25-26-50(64)70-62-42(6)48(24-10-8-2)52(66)58-54(62)56-28-16-32-68-46-22-12-20-44(34-46)38-60-30-14-18-40(4)36-60/h7-12,19-22,25-26,33-34,39-40H,13-18,23-24,27-32,35-38H2,1-6H3,(H,55,57,65)(H,56,58,66)/b9-7+,10-8+,26-25-. The third-order valence-electron chi connectivity index (χ3n) is 12.5. The van der Waals surface area contributed by atoms with Gasteiger partial charge in [0.25, 0.3) is 11.1 Å². The molecule has 2 aromatic heterocycles. The SMILES string of the molecule is C/C=C/Cc1c(C)n(OC(=O)/C=C\C(=O)On2c(NCCCOc3cccc(CN4CCCC(C)C4)c3)nc(=O)c(C/C=C/C)c2C)c(NCCCOc2cccc(CN3CCCC(C)C3)c2)nc1=O. The van der Waals surface area contributed by atoms with E-state index < -0.39 is 23.1 Å². The van der Waals surface area contributed by atoms with Crippen LogP contribution in [0.2, 0.25) is 0 Å². The van der Waals surface area contributed by atoms with Crippen molar-refractivity contribution < 1.29 is 28.7 Å². The molecule has 70 heavy (non-hydrogen) atoms. The molecule has 16 nitrogen and oxygen atoms in total. The highest BCUT2D eigenvalue weighted by atomic mass is 16.7. The van der Waals surface area contributed by atoms with E-state index in [1.165, 1.54) is 36.8 Å². The monoisotopic (exact) mass is 961 g/mol. The number of carbonyl (C=O) groups excluding carboxylic acids is 2. The first-order chi connectivity index (χ1) is 33.9. The zero-order chi connectivity index (χ0) is 49.8. The molecule has 2 aliphatic rings. The Morgan fingerprint density at radius 3 is 1.50 bits per heavy atom. The summed E-state index contributed by atoms with van der Waals surface area (Å²) in [4.78, 5) is 77.9. The lowest BCUT2D eigenvalue weighted by atomic mass is 10.00. The molecule has 2 aromatic carbocycles. The van der Waals surface area contributed by atoms with Crippen LogP contribution in [-0.4, -0.2) is 93.6 Å². The quantitative estimate of drug-likeness (QED) is 0.0416. The number of allylic oxidation sites excluding steroid dienone is 4. The van der Waals surface area contributed by atoms with Gasteiger partial charge in [0.05, 0.1) is 24.6 Å². The normalized spacial score (nSPS) is 16.8. The maximum Gasteiger partial charge on any atom is 0.356 e. The van der Waals surface area contributed by atoms with E-state index in [-0.39, 0.29) is 24.7 Å². The van der Waals surface area contributed by atoms with E-state index in [1.807, 2.05) is 62.4 Å². The Kier molecular flexibility index (Phi) is 20.4. The maximum absolute atomic E-state index is 13.4. The molecule has 4 aromatic rings. The van der Waals surface area contributed by atoms with E-state index >= 15 is 0 Å². The van der Waals surface area contributed by atoms with E-state index in [9.17, 15) is 19.2 Å². The Labute approximate surface area is 412 Å². The second kappa shape index (κ2) is 27.0. The number of anilines is 2. The van der Waals surface area contributed by atoms with Crippen LogP contribution in [-0.2, 0) is 35.5 Å². The summed E-state index contributed by atoms with van der Waals surface area (Å²) in [5.41, 5.74) is 2.91. The highest BCUT2D eigenvalue weighted by Gasteiger charge is 2.21. The van der Waals surface area contributed by atoms with E-state index in [0.29, 0.717) is 73.5 Å². The molecule has 6 rings (SSSR count). The first-order valence-electron chi connectivity index (χ1n) is 24.9. The van der Waals surface area contributed by atoms with Crippen LogP contribution < -0.4 is 40.9 Å². The minimum Gasteiger partial charge on any atom is -0.494 e. The molecule has 0 spiro atoms. The Morgan fingerprint density at radius 2 is 1.10 bits per heavy atom. The van der Waals surface area contributed by atoms with Crippen LogP contribution in [0, 0.1) is 25.7 Å². The number of aromatic nitrogens is 4. The zero-order valence-corrected chi connectivity index (χ0v) is 41.9. The van der Waals surface area contributed by atoms with Crippen molar-refractivity contribution in [2.75, 3.05) is 63.1 Å². The topological polar surface area (TPSA) is 171 Å². The molecule has 16 heteroatoms. The van der Waals surface area contributed by atoms with Crippen LogP contribution in [0.5, 0.6) is 11.5 Å². The molecule has 2 atom stereocenters. The summed E-state index contributed by atoms with van der Waals surface area (Å²) in [6, 6.07) is 16.3. The molecule has 2 fully saturated rings. The summed E-state index contributed by atoms with van der Waals surface area (Å²) >= 11 is 0. The Bertz CT molecular complexity index is 2410. The number of benzene rings is 2.